The number of hydrogen-bond acceptors (Lipinski definition) is 11. The zero-order valence-corrected chi connectivity index (χ0v) is 44.9. The zero-order valence-electron chi connectivity index (χ0n) is 43.2. The number of carbonyl (C=O) groups excluding carboxylic acids is 5. The number of aryl methyl sites for hydroxylation is 1. The molecule has 398 valence electrons. The highest BCUT2D eigenvalue weighted by Crippen LogP contribution is 2.41. The first-order chi connectivity index (χ1) is 35.3. The van der Waals surface area contributed by atoms with Gasteiger partial charge in [-0.25, -0.2) is 14.5 Å². The van der Waals surface area contributed by atoms with E-state index in [9.17, 15) is 38.3 Å². The number of hydrogen-bond donors (Lipinski definition) is 7. The Morgan fingerprint density at radius 2 is 1.57 bits per heavy atom. The number of phosphoric ester groups is 1. The van der Waals surface area contributed by atoms with E-state index < -0.39 is 43.2 Å². The van der Waals surface area contributed by atoms with Gasteiger partial charge in [0.2, 0.25) is 17.7 Å². The van der Waals surface area contributed by atoms with E-state index in [4.69, 9.17) is 9.51 Å². The van der Waals surface area contributed by atoms with Gasteiger partial charge in [-0.05, 0) is 105 Å². The smallest absolute Gasteiger partial charge is 0.352 e. The highest BCUT2D eigenvalue weighted by atomic mass is 32.1. The molecule has 7 N–H and O–H groups in total. The van der Waals surface area contributed by atoms with Crippen molar-refractivity contribution in [3.05, 3.63) is 100 Å². The van der Waals surface area contributed by atoms with Crippen LogP contribution in [0.3, 0.4) is 0 Å². The number of H-pyrrole nitrogens is 1. The van der Waals surface area contributed by atoms with Gasteiger partial charge in [-0.2, -0.15) is 0 Å². The number of amides is 5. The van der Waals surface area contributed by atoms with Crippen LogP contribution in [0.25, 0.3) is 21.5 Å². The van der Waals surface area contributed by atoms with Crippen molar-refractivity contribution < 1.29 is 42.8 Å². The van der Waals surface area contributed by atoms with Crippen LogP contribution in [-0.2, 0) is 36.6 Å². The molecule has 4 heterocycles. The maximum atomic E-state index is 14.2. The molecule has 2 aliphatic rings. The minimum atomic E-state index is -4.93. The van der Waals surface area contributed by atoms with Gasteiger partial charge in [0.15, 0.2) is 0 Å². The van der Waals surface area contributed by atoms with E-state index >= 15 is 0 Å². The van der Waals surface area contributed by atoms with Gasteiger partial charge in [-0.15, -0.1) is 11.3 Å². The highest BCUT2D eigenvalue weighted by molar-refractivity contribution is 7.46. The van der Waals surface area contributed by atoms with E-state index in [1.165, 1.54) is 17.7 Å². The number of imidazole rings is 1. The third-order valence-corrected chi connectivity index (χ3v) is 15.4. The summed E-state index contributed by atoms with van der Waals surface area (Å²) in [7, 11) is -4.93. The number of aromatic amines is 1. The molecular weight excluding hydrogens is 982 g/mol. The molecule has 3 aromatic carbocycles. The molecule has 20 heteroatoms. The Labute approximate surface area is 437 Å². The molecule has 0 saturated carbocycles. The Morgan fingerprint density at radius 3 is 2.20 bits per heavy atom. The van der Waals surface area contributed by atoms with Crippen molar-refractivity contribution in [1.29, 1.82) is 0 Å². The lowest BCUT2D eigenvalue weighted by Gasteiger charge is -2.35. The summed E-state index contributed by atoms with van der Waals surface area (Å²) in [4.78, 5) is 103. The van der Waals surface area contributed by atoms with E-state index in [0.29, 0.717) is 35.8 Å². The maximum Gasteiger partial charge on any atom is 0.469 e. The lowest BCUT2D eigenvalue weighted by molar-refractivity contribution is -0.144. The molecule has 0 radical (unpaired) electrons. The number of likely N-dealkylation sites (tertiary alicyclic amines) is 2. The van der Waals surface area contributed by atoms with Crippen molar-refractivity contribution in [2.24, 2.45) is 5.41 Å². The van der Waals surface area contributed by atoms with Gasteiger partial charge in [0.25, 0.3) is 11.8 Å². The molecule has 0 aliphatic carbocycles. The third kappa shape index (κ3) is 15.9. The molecule has 18 nitrogen and oxygen atoms in total. The number of fused-ring (bicyclic) bond motifs is 1. The summed E-state index contributed by atoms with van der Waals surface area (Å²) in [6.07, 6.45) is 8.65. The second-order valence-corrected chi connectivity index (χ2v) is 22.8. The zero-order chi connectivity index (χ0) is 53.0. The Balaban J connectivity index is 0.768. The topological polar surface area (TPSA) is 248 Å². The largest absolute Gasteiger partial charge is 0.469 e. The first-order valence-electron chi connectivity index (χ1n) is 25.8. The molecular formula is C54H72N9O9PS. The molecule has 5 aromatic rings. The first-order valence-corrected chi connectivity index (χ1v) is 28.3. The summed E-state index contributed by atoms with van der Waals surface area (Å²) in [6, 6.07) is 18.4. The molecule has 2 saturated heterocycles. The molecule has 5 amide bonds. The fourth-order valence-electron chi connectivity index (χ4n) is 9.65. The number of aromatic nitrogens is 3. The number of rotatable bonds is 24. The van der Waals surface area contributed by atoms with Crippen LogP contribution in [0.15, 0.2) is 72.2 Å². The van der Waals surface area contributed by atoms with Crippen molar-refractivity contribution in [2.75, 3.05) is 25.0 Å². The van der Waals surface area contributed by atoms with E-state index in [-0.39, 0.29) is 43.7 Å². The average Bonchev–Trinajstić information content (AvgIpc) is 4.18. The first kappa shape index (κ1) is 55.9. The molecule has 4 atom stereocenters. The van der Waals surface area contributed by atoms with Gasteiger partial charge < -0.3 is 40.9 Å². The normalized spacial score (nSPS) is 17.6. The van der Waals surface area contributed by atoms with Gasteiger partial charge in [0.1, 0.15) is 17.9 Å². The van der Waals surface area contributed by atoms with Crippen LogP contribution in [0.4, 0.5) is 5.69 Å². The fraction of sp³-hybridized carbons (Fsp3) is 0.500. The molecule has 2 aromatic heterocycles. The highest BCUT2D eigenvalue weighted by Gasteiger charge is 2.46. The van der Waals surface area contributed by atoms with Crippen LogP contribution in [0, 0.1) is 12.3 Å². The van der Waals surface area contributed by atoms with Crippen LogP contribution in [-0.4, -0.2) is 108 Å². The Hall–Kier alpha value is -5.82. The minimum Gasteiger partial charge on any atom is -0.352 e. The van der Waals surface area contributed by atoms with Gasteiger partial charge in [-0.3, -0.25) is 33.4 Å². The van der Waals surface area contributed by atoms with E-state index in [2.05, 4.69) is 43.1 Å². The maximum absolute atomic E-state index is 14.2. The molecule has 1 unspecified atom stereocenters. The lowest BCUT2D eigenvalue weighted by atomic mass is 9.85. The second-order valence-electron chi connectivity index (χ2n) is 20.8. The van der Waals surface area contributed by atoms with E-state index in [0.717, 1.165) is 96.6 Å². The Kier molecular flexibility index (Phi) is 19.4. The van der Waals surface area contributed by atoms with Crippen LogP contribution in [0.2, 0.25) is 0 Å². The molecule has 7 rings (SSSR count). The fourth-order valence-corrected chi connectivity index (χ4v) is 11.0. The summed E-state index contributed by atoms with van der Waals surface area (Å²) < 4.78 is 16.8. The van der Waals surface area contributed by atoms with E-state index in [1.807, 2.05) is 70.2 Å². The number of nitrogens with zero attached hydrogens (tertiary/aromatic N) is 4. The number of nitrogens with one attached hydrogen (secondary N) is 5. The second kappa shape index (κ2) is 25.6. The summed E-state index contributed by atoms with van der Waals surface area (Å²) in [5, 5.41) is 11.7. The number of carbonyl (C=O) groups is 5. The van der Waals surface area contributed by atoms with Gasteiger partial charge >= 0.3 is 7.82 Å². The quantitative estimate of drug-likeness (QED) is 0.0227. The predicted octanol–water partition coefficient (Wildman–Crippen LogP) is 8.40. The number of unbranched alkanes of at least 4 members (excludes halogenated alkanes) is 7. The van der Waals surface area contributed by atoms with Crippen molar-refractivity contribution in [3.63, 3.8) is 0 Å². The summed E-state index contributed by atoms with van der Waals surface area (Å²) in [5.74, 6) is -0.868. The summed E-state index contributed by atoms with van der Waals surface area (Å²) in [5.41, 5.74) is 7.09. The Bertz CT molecular complexity index is 2770. The molecule has 0 spiro atoms. The van der Waals surface area contributed by atoms with Crippen molar-refractivity contribution in [3.8, 4) is 10.4 Å². The monoisotopic (exact) mass is 1050 g/mol. The number of thiazole rings is 1. The van der Waals surface area contributed by atoms with Gasteiger partial charge in [-0.1, -0.05) is 83.6 Å². The lowest BCUT2D eigenvalue weighted by Crippen LogP contribution is -2.57. The minimum absolute atomic E-state index is 0.126. The van der Waals surface area contributed by atoms with Crippen molar-refractivity contribution in [1.82, 2.24) is 40.7 Å². The molecule has 0 bridgehead atoms. The van der Waals surface area contributed by atoms with Gasteiger partial charge in [0, 0.05) is 55.3 Å². The van der Waals surface area contributed by atoms with Crippen LogP contribution in [0.1, 0.15) is 143 Å². The summed E-state index contributed by atoms with van der Waals surface area (Å²) in [6.45, 7) is 11.9. The summed E-state index contributed by atoms with van der Waals surface area (Å²) >= 11 is 1.54. The van der Waals surface area contributed by atoms with Crippen molar-refractivity contribution >= 4 is 65.4 Å². The molecule has 2 aliphatic heterocycles. The number of benzene rings is 3. The predicted molar refractivity (Wildman–Crippen MR) is 286 cm³/mol. The van der Waals surface area contributed by atoms with E-state index in [1.54, 1.807) is 41.1 Å². The molecule has 74 heavy (non-hydrogen) atoms. The standard InChI is InChI=1S/C54H72N9O9PS/c1-35-15-14-28-62(35)33-46-59-43-26-25-41(29-44(43)60-46)58-51(66)40-23-21-39(22-24-40)50(65)55-27-13-11-9-7-6-8-10-12-16-47(64)61-49(54(3,4)5)53(68)63-32-42(72-73(69,70)71)30-45(63)52(67)56-31-37-17-19-38(20-18-37)48-36(2)57-34-74-48/h17-26,29,34-35,42,45,49H,6-16,27-28,30-33H2,1-5H3,(H,55,65)(H,56,67)(H,58,66)(H,59,60)(H,61,64)(H2,69,70,71)/t35-,42+,45-,49?/m0/s1. The van der Waals surface area contributed by atoms with Gasteiger partial charge in [0.05, 0.1) is 39.8 Å². The molecule has 2 fully saturated rings. The number of anilines is 1. The Morgan fingerprint density at radius 1 is 0.892 bits per heavy atom. The third-order valence-electron chi connectivity index (χ3n) is 13.8. The average molecular weight is 1050 g/mol. The number of phosphoric acid groups is 1. The van der Waals surface area contributed by atoms with Crippen molar-refractivity contribution in [2.45, 2.75) is 149 Å². The van der Waals surface area contributed by atoms with Crippen LogP contribution >= 0.6 is 19.2 Å². The SMILES string of the molecule is Cc1ncsc1-c1ccc(CNC(=O)[C@@H]2C[C@@H](OP(=O)(O)O)CN2C(=O)C(NC(=O)CCCCCCCCCCNC(=O)c2ccc(C(=O)Nc3ccc4[nH]c(CN5CCC[C@@H]5C)nc4c3)cc2)C(C)(C)C)cc1. The van der Waals surface area contributed by atoms with Crippen LogP contribution in [0.5, 0.6) is 0 Å². The van der Waals surface area contributed by atoms with Crippen LogP contribution < -0.4 is 21.3 Å².